The SMILES string of the molecule is CC.CC(C)c1ccc(N2C(=S)N(c3ccc(C#N)c(C(F)(F)F)c3)C(=O)C2(C)C)cc1F. The zero-order valence-corrected chi connectivity index (χ0v) is 20.0. The maximum atomic E-state index is 14.6. The Labute approximate surface area is 196 Å². The van der Waals surface area contributed by atoms with Crippen molar-refractivity contribution in [3.63, 3.8) is 0 Å². The van der Waals surface area contributed by atoms with Crippen molar-refractivity contribution < 1.29 is 22.4 Å². The van der Waals surface area contributed by atoms with E-state index in [4.69, 9.17) is 17.5 Å². The van der Waals surface area contributed by atoms with Crippen molar-refractivity contribution in [3.05, 3.63) is 58.9 Å². The van der Waals surface area contributed by atoms with E-state index in [1.807, 2.05) is 27.7 Å². The second-order valence-corrected chi connectivity index (χ2v) is 8.38. The van der Waals surface area contributed by atoms with Gasteiger partial charge in [-0.05, 0) is 67.9 Å². The second-order valence-electron chi connectivity index (χ2n) is 8.02. The van der Waals surface area contributed by atoms with Crippen LogP contribution in [0, 0.1) is 17.1 Å². The molecule has 1 saturated heterocycles. The quantitative estimate of drug-likeness (QED) is 0.360. The van der Waals surface area contributed by atoms with Crippen molar-refractivity contribution in [2.24, 2.45) is 0 Å². The molecule has 1 amide bonds. The number of amides is 1. The summed E-state index contributed by atoms with van der Waals surface area (Å²) < 4.78 is 54.8. The van der Waals surface area contributed by atoms with Gasteiger partial charge in [0.15, 0.2) is 5.11 Å². The Kier molecular flexibility index (Phi) is 7.54. The second kappa shape index (κ2) is 9.48. The van der Waals surface area contributed by atoms with Crippen LogP contribution in [-0.4, -0.2) is 16.6 Å². The molecule has 4 nitrogen and oxygen atoms in total. The van der Waals surface area contributed by atoms with E-state index in [1.54, 1.807) is 26.0 Å². The third-order valence-corrected chi connectivity index (χ3v) is 5.58. The minimum absolute atomic E-state index is 0.0508. The number of anilines is 2. The summed E-state index contributed by atoms with van der Waals surface area (Å²) in [5.41, 5.74) is -2.29. The Hall–Kier alpha value is -2.99. The molecule has 9 heteroatoms. The number of halogens is 4. The van der Waals surface area contributed by atoms with Crippen molar-refractivity contribution in [2.75, 3.05) is 9.80 Å². The standard InChI is InChI=1S/C22H19F4N3OS.C2H6/c1-12(2)16-8-7-15(10-18(16)23)29-20(31)28(19(30)21(29,3)4)14-6-5-13(11-27)17(9-14)22(24,25)26;1-2/h5-10,12H,1-4H3;1-2H3. The van der Waals surface area contributed by atoms with Gasteiger partial charge in [-0.1, -0.05) is 33.8 Å². The zero-order valence-electron chi connectivity index (χ0n) is 19.2. The predicted octanol–water partition coefficient (Wildman–Crippen LogP) is 6.78. The molecule has 0 aromatic heterocycles. The number of benzene rings is 2. The van der Waals surface area contributed by atoms with Crippen LogP contribution >= 0.6 is 12.2 Å². The van der Waals surface area contributed by atoms with Crippen LogP contribution in [0.15, 0.2) is 36.4 Å². The molecular weight excluding hydrogens is 454 g/mol. The molecule has 0 spiro atoms. The highest BCUT2D eigenvalue weighted by molar-refractivity contribution is 7.81. The topological polar surface area (TPSA) is 47.3 Å². The molecule has 3 rings (SSSR count). The minimum Gasteiger partial charge on any atom is -0.303 e. The highest BCUT2D eigenvalue weighted by atomic mass is 32.1. The fourth-order valence-electron chi connectivity index (χ4n) is 3.58. The number of hydrogen-bond donors (Lipinski definition) is 0. The first-order chi connectivity index (χ1) is 15.3. The van der Waals surface area contributed by atoms with Gasteiger partial charge in [-0.25, -0.2) is 4.39 Å². The maximum absolute atomic E-state index is 14.6. The third-order valence-electron chi connectivity index (χ3n) is 5.22. The molecule has 1 fully saturated rings. The van der Waals surface area contributed by atoms with Crippen molar-refractivity contribution in [1.29, 1.82) is 5.26 Å². The average molecular weight is 480 g/mol. The summed E-state index contributed by atoms with van der Waals surface area (Å²) in [7, 11) is 0. The first-order valence-electron chi connectivity index (χ1n) is 10.4. The molecule has 1 heterocycles. The van der Waals surface area contributed by atoms with Crippen molar-refractivity contribution >= 4 is 34.6 Å². The highest BCUT2D eigenvalue weighted by Crippen LogP contribution is 2.40. The molecule has 1 aliphatic heterocycles. The summed E-state index contributed by atoms with van der Waals surface area (Å²) in [4.78, 5) is 15.6. The van der Waals surface area contributed by atoms with E-state index < -0.39 is 34.6 Å². The number of carbonyl (C=O) groups excluding carboxylic acids is 1. The van der Waals surface area contributed by atoms with E-state index in [0.717, 1.165) is 17.0 Å². The van der Waals surface area contributed by atoms with Crippen molar-refractivity contribution in [3.8, 4) is 6.07 Å². The van der Waals surface area contributed by atoms with Gasteiger partial charge in [-0.3, -0.25) is 9.69 Å². The van der Waals surface area contributed by atoms with Gasteiger partial charge in [0.05, 0.1) is 22.9 Å². The first-order valence-corrected chi connectivity index (χ1v) is 10.8. The summed E-state index contributed by atoms with van der Waals surface area (Å²) in [6.45, 7) is 10.8. The number of nitriles is 1. The van der Waals surface area contributed by atoms with Crippen LogP contribution in [0.5, 0.6) is 0 Å². The monoisotopic (exact) mass is 479 g/mol. The van der Waals surface area contributed by atoms with Gasteiger partial charge in [-0.15, -0.1) is 0 Å². The van der Waals surface area contributed by atoms with Gasteiger partial charge in [0.25, 0.3) is 5.91 Å². The fraction of sp³-hybridized carbons (Fsp3) is 0.375. The van der Waals surface area contributed by atoms with Gasteiger partial charge in [-0.2, -0.15) is 18.4 Å². The predicted molar refractivity (Wildman–Crippen MR) is 125 cm³/mol. The first kappa shape index (κ1) is 26.3. The Morgan fingerprint density at radius 3 is 2.12 bits per heavy atom. The Morgan fingerprint density at radius 1 is 1.06 bits per heavy atom. The van der Waals surface area contributed by atoms with E-state index in [9.17, 15) is 22.4 Å². The molecule has 0 atom stereocenters. The number of nitrogens with zero attached hydrogens (tertiary/aromatic N) is 3. The number of thiocarbonyl (C=S) groups is 1. The smallest absolute Gasteiger partial charge is 0.303 e. The van der Waals surface area contributed by atoms with Crippen LogP contribution in [0.3, 0.4) is 0 Å². The van der Waals surface area contributed by atoms with E-state index in [0.29, 0.717) is 11.3 Å². The largest absolute Gasteiger partial charge is 0.417 e. The number of carbonyl (C=O) groups is 1. The third kappa shape index (κ3) is 4.71. The lowest BCUT2D eigenvalue weighted by molar-refractivity contribution is -0.137. The van der Waals surface area contributed by atoms with Crippen LogP contribution in [0.25, 0.3) is 0 Å². The summed E-state index contributed by atoms with van der Waals surface area (Å²) >= 11 is 5.44. The molecule has 0 N–H and O–H groups in total. The normalized spacial score (nSPS) is 15.5. The average Bonchev–Trinajstić information content (AvgIpc) is 2.92. The number of rotatable bonds is 3. The molecule has 33 heavy (non-hydrogen) atoms. The molecule has 1 aliphatic rings. The van der Waals surface area contributed by atoms with Crippen LogP contribution < -0.4 is 9.80 Å². The summed E-state index contributed by atoms with van der Waals surface area (Å²) in [5, 5.41) is 8.92. The Balaban J connectivity index is 0.00000187. The fourth-order valence-corrected chi connectivity index (χ4v) is 4.10. The molecule has 0 saturated carbocycles. The van der Waals surface area contributed by atoms with Gasteiger partial charge >= 0.3 is 6.18 Å². The molecule has 2 aromatic carbocycles. The molecule has 2 aromatic rings. The maximum Gasteiger partial charge on any atom is 0.417 e. The van der Waals surface area contributed by atoms with Gasteiger partial charge in [0, 0.05) is 5.69 Å². The zero-order chi connectivity index (χ0) is 25.3. The van der Waals surface area contributed by atoms with Crippen LogP contribution in [0.4, 0.5) is 28.9 Å². The number of hydrogen-bond acceptors (Lipinski definition) is 3. The van der Waals surface area contributed by atoms with Crippen LogP contribution in [0.2, 0.25) is 0 Å². The van der Waals surface area contributed by atoms with Gasteiger partial charge < -0.3 is 4.90 Å². The van der Waals surface area contributed by atoms with Crippen LogP contribution in [0.1, 0.15) is 64.2 Å². The van der Waals surface area contributed by atoms with Crippen molar-refractivity contribution in [1.82, 2.24) is 0 Å². The van der Waals surface area contributed by atoms with E-state index in [1.165, 1.54) is 23.1 Å². The van der Waals surface area contributed by atoms with E-state index in [2.05, 4.69) is 0 Å². The summed E-state index contributed by atoms with van der Waals surface area (Å²) in [6.07, 6.45) is -4.78. The van der Waals surface area contributed by atoms with E-state index >= 15 is 0 Å². The Bertz CT molecular complexity index is 1120. The molecule has 0 radical (unpaired) electrons. The van der Waals surface area contributed by atoms with Gasteiger partial charge in [0.2, 0.25) is 0 Å². The van der Waals surface area contributed by atoms with Gasteiger partial charge in [0.1, 0.15) is 11.4 Å². The molecule has 0 unspecified atom stereocenters. The Morgan fingerprint density at radius 2 is 1.64 bits per heavy atom. The lowest BCUT2D eigenvalue weighted by Crippen LogP contribution is -2.44. The molecule has 0 aliphatic carbocycles. The lowest BCUT2D eigenvalue weighted by atomic mass is 9.99. The summed E-state index contributed by atoms with van der Waals surface area (Å²) in [5.74, 6) is -1.08. The molecule has 0 bridgehead atoms. The van der Waals surface area contributed by atoms with Crippen LogP contribution in [-0.2, 0) is 11.0 Å². The lowest BCUT2D eigenvalue weighted by Gasteiger charge is -2.29. The van der Waals surface area contributed by atoms with Crippen molar-refractivity contribution in [2.45, 2.75) is 59.2 Å². The number of alkyl halides is 3. The summed E-state index contributed by atoms with van der Waals surface area (Å²) in [6, 6.07) is 8.96. The molecule has 176 valence electrons. The highest BCUT2D eigenvalue weighted by Gasteiger charge is 2.50. The molecular formula is C24H25F4N3OS. The van der Waals surface area contributed by atoms with E-state index in [-0.39, 0.29) is 16.7 Å². The minimum atomic E-state index is -4.78.